The van der Waals surface area contributed by atoms with Crippen LogP contribution in [0.3, 0.4) is 0 Å². The van der Waals surface area contributed by atoms with E-state index in [2.05, 4.69) is 0 Å². The molecular weight excluding hydrogens is 176 g/mol. The number of rotatable bonds is 2. The number of carboxylic acid groups (broad SMARTS) is 1. The zero-order valence-corrected chi connectivity index (χ0v) is 7.01. The van der Waals surface area contributed by atoms with Crippen LogP contribution in [-0.4, -0.2) is 39.3 Å². The summed E-state index contributed by atoms with van der Waals surface area (Å²) in [5.74, 6) is -2.24. The zero-order valence-electron chi connectivity index (χ0n) is 7.01. The maximum atomic E-state index is 11.0. The number of hydrogen-bond acceptors (Lipinski definition) is 4. The Morgan fingerprint density at radius 2 is 2.08 bits per heavy atom. The fourth-order valence-corrected chi connectivity index (χ4v) is 1.50. The molecule has 13 heavy (non-hydrogen) atoms. The second-order valence-corrected chi connectivity index (χ2v) is 3.31. The largest absolute Gasteiger partial charge is 0.479 e. The van der Waals surface area contributed by atoms with Crippen molar-refractivity contribution in [3.8, 4) is 0 Å². The highest BCUT2D eigenvalue weighted by molar-refractivity contribution is 5.84. The first-order chi connectivity index (χ1) is 6.02. The Hall–Kier alpha value is -0.940. The first-order valence-electron chi connectivity index (χ1n) is 4.14. The lowest BCUT2D eigenvalue weighted by Crippen LogP contribution is -2.38. The first kappa shape index (κ1) is 10.1. The van der Waals surface area contributed by atoms with E-state index in [1.165, 1.54) is 0 Å². The molecule has 0 aromatic carbocycles. The minimum atomic E-state index is -1.49. The van der Waals surface area contributed by atoms with Crippen LogP contribution in [-0.2, 0) is 9.59 Å². The molecule has 3 N–H and O–H groups in total. The van der Waals surface area contributed by atoms with Crippen molar-refractivity contribution < 1.29 is 24.9 Å². The van der Waals surface area contributed by atoms with E-state index in [4.69, 9.17) is 15.3 Å². The standard InChI is InChI=1S/C8H12O5/c9-5-2-1-4(3-6(5)10)7(11)8(12)13/h4-5,7,9,11H,1-3H2,(H,12,13). The van der Waals surface area contributed by atoms with Gasteiger partial charge in [0.1, 0.15) is 6.10 Å². The number of aliphatic carboxylic acids is 1. The van der Waals surface area contributed by atoms with Gasteiger partial charge >= 0.3 is 5.97 Å². The Morgan fingerprint density at radius 3 is 2.54 bits per heavy atom. The molecule has 0 aromatic rings. The van der Waals surface area contributed by atoms with Crippen molar-refractivity contribution in [2.24, 2.45) is 5.92 Å². The number of aliphatic hydroxyl groups excluding tert-OH is 2. The van der Waals surface area contributed by atoms with Crippen LogP contribution in [0.15, 0.2) is 0 Å². The third-order valence-corrected chi connectivity index (χ3v) is 2.35. The molecule has 0 heterocycles. The summed E-state index contributed by atoms with van der Waals surface area (Å²) in [6, 6.07) is 0. The van der Waals surface area contributed by atoms with Gasteiger partial charge in [-0.15, -0.1) is 0 Å². The fraction of sp³-hybridized carbons (Fsp3) is 0.750. The summed E-state index contributed by atoms with van der Waals surface area (Å²) >= 11 is 0. The number of hydrogen-bond donors (Lipinski definition) is 3. The zero-order chi connectivity index (χ0) is 10.0. The molecule has 0 aliphatic heterocycles. The minimum Gasteiger partial charge on any atom is -0.479 e. The number of carboxylic acids is 1. The molecule has 0 bridgehead atoms. The van der Waals surface area contributed by atoms with Gasteiger partial charge < -0.3 is 15.3 Å². The average molecular weight is 188 g/mol. The number of aliphatic hydroxyl groups is 2. The summed E-state index contributed by atoms with van der Waals surface area (Å²) in [6.07, 6.45) is -1.89. The van der Waals surface area contributed by atoms with Crippen molar-refractivity contribution in [2.75, 3.05) is 0 Å². The quantitative estimate of drug-likeness (QED) is 0.525. The van der Waals surface area contributed by atoms with Crippen LogP contribution in [0.2, 0.25) is 0 Å². The fourth-order valence-electron chi connectivity index (χ4n) is 1.50. The molecule has 1 aliphatic carbocycles. The third-order valence-electron chi connectivity index (χ3n) is 2.35. The van der Waals surface area contributed by atoms with Gasteiger partial charge in [-0.2, -0.15) is 0 Å². The van der Waals surface area contributed by atoms with Gasteiger partial charge in [-0.25, -0.2) is 4.79 Å². The molecule has 5 heteroatoms. The molecule has 5 nitrogen and oxygen atoms in total. The molecule has 0 radical (unpaired) electrons. The van der Waals surface area contributed by atoms with Crippen molar-refractivity contribution in [2.45, 2.75) is 31.5 Å². The van der Waals surface area contributed by atoms with E-state index in [-0.39, 0.29) is 18.6 Å². The van der Waals surface area contributed by atoms with Gasteiger partial charge in [0.05, 0.1) is 0 Å². The number of carbonyl (C=O) groups excluding carboxylic acids is 1. The molecule has 0 saturated heterocycles. The molecule has 74 valence electrons. The highest BCUT2D eigenvalue weighted by atomic mass is 16.4. The Morgan fingerprint density at radius 1 is 1.46 bits per heavy atom. The lowest BCUT2D eigenvalue weighted by atomic mass is 9.83. The Balaban J connectivity index is 2.55. The van der Waals surface area contributed by atoms with E-state index in [1.807, 2.05) is 0 Å². The van der Waals surface area contributed by atoms with Gasteiger partial charge in [-0.05, 0) is 12.8 Å². The lowest BCUT2D eigenvalue weighted by Gasteiger charge is -2.25. The third kappa shape index (κ3) is 2.26. The van der Waals surface area contributed by atoms with Crippen molar-refractivity contribution in [3.05, 3.63) is 0 Å². The van der Waals surface area contributed by atoms with E-state index in [1.54, 1.807) is 0 Å². The number of carbonyl (C=O) groups is 2. The minimum absolute atomic E-state index is 0.0470. The Bertz CT molecular complexity index is 225. The molecule has 3 atom stereocenters. The van der Waals surface area contributed by atoms with Crippen LogP contribution in [0.4, 0.5) is 0 Å². The van der Waals surface area contributed by atoms with Gasteiger partial charge in [0.15, 0.2) is 11.9 Å². The second-order valence-electron chi connectivity index (χ2n) is 3.31. The van der Waals surface area contributed by atoms with Crippen LogP contribution in [0.5, 0.6) is 0 Å². The van der Waals surface area contributed by atoms with Crippen LogP contribution >= 0.6 is 0 Å². The van der Waals surface area contributed by atoms with Crippen LogP contribution in [0.25, 0.3) is 0 Å². The summed E-state index contributed by atoms with van der Waals surface area (Å²) in [4.78, 5) is 21.3. The van der Waals surface area contributed by atoms with E-state index in [9.17, 15) is 9.59 Å². The average Bonchev–Trinajstić information content (AvgIpc) is 2.08. The van der Waals surface area contributed by atoms with Gasteiger partial charge in [0, 0.05) is 12.3 Å². The summed E-state index contributed by atoms with van der Waals surface area (Å²) in [5, 5.41) is 26.6. The summed E-state index contributed by atoms with van der Waals surface area (Å²) in [6.45, 7) is 0. The molecule has 1 fully saturated rings. The van der Waals surface area contributed by atoms with Gasteiger partial charge in [-0.1, -0.05) is 0 Å². The van der Waals surface area contributed by atoms with Crippen LogP contribution < -0.4 is 0 Å². The van der Waals surface area contributed by atoms with Crippen molar-refractivity contribution >= 4 is 11.8 Å². The van der Waals surface area contributed by atoms with Gasteiger partial charge in [0.25, 0.3) is 0 Å². The second kappa shape index (κ2) is 3.85. The predicted octanol–water partition coefficient (Wildman–Crippen LogP) is -0.838. The molecule has 1 aliphatic rings. The van der Waals surface area contributed by atoms with E-state index in [0.29, 0.717) is 6.42 Å². The van der Waals surface area contributed by atoms with Crippen molar-refractivity contribution in [1.82, 2.24) is 0 Å². The lowest BCUT2D eigenvalue weighted by molar-refractivity contribution is -0.152. The maximum Gasteiger partial charge on any atom is 0.332 e. The summed E-state index contributed by atoms with van der Waals surface area (Å²) < 4.78 is 0. The van der Waals surface area contributed by atoms with E-state index in [0.717, 1.165) is 0 Å². The molecule has 0 aromatic heterocycles. The highest BCUT2D eigenvalue weighted by Gasteiger charge is 2.34. The number of Topliss-reactive ketones (excluding diaryl/α,β-unsaturated/α-hetero) is 1. The summed E-state index contributed by atoms with van der Waals surface area (Å²) in [7, 11) is 0. The molecule has 0 amide bonds. The molecule has 1 saturated carbocycles. The summed E-state index contributed by atoms with van der Waals surface area (Å²) in [5.41, 5.74) is 0. The van der Waals surface area contributed by atoms with Gasteiger partial charge in [0.2, 0.25) is 0 Å². The molecule has 0 spiro atoms. The topological polar surface area (TPSA) is 94.8 Å². The highest BCUT2D eigenvalue weighted by Crippen LogP contribution is 2.24. The predicted molar refractivity (Wildman–Crippen MR) is 42.0 cm³/mol. The Labute approximate surface area is 75.0 Å². The van der Waals surface area contributed by atoms with Crippen LogP contribution in [0, 0.1) is 5.92 Å². The molecule has 1 rings (SSSR count). The normalized spacial score (nSPS) is 31.4. The Kier molecular flexibility index (Phi) is 3.00. The molecular formula is C8H12O5. The maximum absolute atomic E-state index is 11.0. The molecule has 3 unspecified atom stereocenters. The van der Waals surface area contributed by atoms with Gasteiger partial charge in [-0.3, -0.25) is 4.79 Å². The number of ketones is 1. The van der Waals surface area contributed by atoms with Crippen molar-refractivity contribution in [1.29, 1.82) is 0 Å². The SMILES string of the molecule is O=C1CC(C(O)C(=O)O)CCC1O. The van der Waals surface area contributed by atoms with E-state index < -0.39 is 24.1 Å². The first-order valence-corrected chi connectivity index (χ1v) is 4.14. The monoisotopic (exact) mass is 188 g/mol. The van der Waals surface area contributed by atoms with Crippen molar-refractivity contribution in [3.63, 3.8) is 0 Å². The van der Waals surface area contributed by atoms with E-state index >= 15 is 0 Å². The van der Waals surface area contributed by atoms with Crippen LogP contribution in [0.1, 0.15) is 19.3 Å². The smallest absolute Gasteiger partial charge is 0.332 e.